The molecule has 1 saturated carbocycles. The second-order valence-corrected chi connectivity index (χ2v) is 7.35. The Kier molecular flexibility index (Phi) is 4.04. The van der Waals surface area contributed by atoms with E-state index in [0.717, 1.165) is 12.8 Å². The van der Waals surface area contributed by atoms with Gasteiger partial charge in [-0.15, -0.1) is 0 Å². The van der Waals surface area contributed by atoms with Gasteiger partial charge in [-0.3, -0.25) is 0 Å². The molecule has 1 saturated heterocycles. The first-order valence-corrected chi connectivity index (χ1v) is 8.69. The van der Waals surface area contributed by atoms with Crippen LogP contribution in [0.2, 0.25) is 0 Å². The molecule has 0 aromatic carbocycles. The number of imidazole rings is 1. The monoisotopic (exact) mass is 315 g/mol. The van der Waals surface area contributed by atoms with Gasteiger partial charge in [-0.1, -0.05) is 0 Å². The van der Waals surface area contributed by atoms with Crippen molar-refractivity contribution in [1.29, 1.82) is 0 Å². The molecule has 1 aliphatic carbocycles. The second-order valence-electron chi connectivity index (χ2n) is 5.69. The highest BCUT2D eigenvalue weighted by Crippen LogP contribution is 2.27. The Labute approximate surface area is 124 Å². The molecule has 0 spiro atoms. The third-order valence-corrected chi connectivity index (χ3v) is 5.55. The lowest BCUT2D eigenvalue weighted by Gasteiger charge is -2.38. The molecule has 2 fully saturated rings. The van der Waals surface area contributed by atoms with Crippen molar-refractivity contribution in [2.75, 3.05) is 13.2 Å². The Morgan fingerprint density at radius 3 is 2.67 bits per heavy atom. The van der Waals surface area contributed by atoms with Crippen molar-refractivity contribution >= 4 is 10.0 Å². The van der Waals surface area contributed by atoms with Crippen molar-refractivity contribution in [3.8, 4) is 0 Å². The Morgan fingerprint density at radius 2 is 2.00 bits per heavy atom. The van der Waals surface area contributed by atoms with E-state index in [2.05, 4.69) is 9.71 Å². The first kappa shape index (κ1) is 15.0. The van der Waals surface area contributed by atoms with Gasteiger partial charge in [-0.05, 0) is 26.2 Å². The number of ether oxygens (including phenoxy) is 2. The zero-order valence-electron chi connectivity index (χ0n) is 12.3. The SMILES string of the molecule is Cc1nc(S(=O)(=O)N[C@@H]2CC[C@H]3OCCO[C@@H]3C2)cn1C. The summed E-state index contributed by atoms with van der Waals surface area (Å²) in [6.45, 7) is 2.99. The van der Waals surface area contributed by atoms with Crippen LogP contribution >= 0.6 is 0 Å². The van der Waals surface area contributed by atoms with Crippen LogP contribution in [0.4, 0.5) is 0 Å². The van der Waals surface area contributed by atoms with Crippen LogP contribution in [0.1, 0.15) is 25.1 Å². The fourth-order valence-corrected chi connectivity index (χ4v) is 4.23. The van der Waals surface area contributed by atoms with Gasteiger partial charge < -0.3 is 14.0 Å². The number of aromatic nitrogens is 2. The molecule has 1 aromatic heterocycles. The summed E-state index contributed by atoms with van der Waals surface area (Å²) in [6, 6.07) is -0.125. The molecule has 2 aliphatic rings. The second kappa shape index (κ2) is 5.68. The molecule has 7 nitrogen and oxygen atoms in total. The van der Waals surface area contributed by atoms with Crippen molar-refractivity contribution in [2.45, 2.75) is 49.5 Å². The number of hydrogen-bond donors (Lipinski definition) is 1. The summed E-state index contributed by atoms with van der Waals surface area (Å²) in [5.74, 6) is 0.670. The first-order valence-electron chi connectivity index (χ1n) is 7.21. The minimum absolute atomic E-state index is 0.00864. The van der Waals surface area contributed by atoms with Crippen molar-refractivity contribution < 1.29 is 17.9 Å². The molecule has 3 rings (SSSR count). The van der Waals surface area contributed by atoms with Crippen LogP contribution in [0.15, 0.2) is 11.2 Å². The number of aryl methyl sites for hydroxylation is 2. The van der Waals surface area contributed by atoms with Crippen molar-refractivity contribution in [1.82, 2.24) is 14.3 Å². The summed E-state index contributed by atoms with van der Waals surface area (Å²) in [7, 11) is -1.80. The predicted molar refractivity (Wildman–Crippen MR) is 75.4 cm³/mol. The third-order valence-electron chi connectivity index (χ3n) is 4.16. The maximum atomic E-state index is 12.4. The predicted octanol–water partition coefficient (Wildman–Crippen LogP) is 0.343. The topological polar surface area (TPSA) is 82.5 Å². The largest absolute Gasteiger partial charge is 0.373 e. The molecule has 8 heteroatoms. The van der Waals surface area contributed by atoms with Gasteiger partial charge in [-0.2, -0.15) is 0 Å². The highest BCUT2D eigenvalue weighted by molar-refractivity contribution is 7.89. The molecule has 3 atom stereocenters. The molecular formula is C13H21N3O4S. The number of rotatable bonds is 3. The summed E-state index contributed by atoms with van der Waals surface area (Å²) < 4.78 is 40.5. The van der Waals surface area contributed by atoms with E-state index >= 15 is 0 Å². The first-order chi connectivity index (χ1) is 9.95. The van der Waals surface area contributed by atoms with Crippen LogP contribution in [-0.2, 0) is 26.5 Å². The van der Waals surface area contributed by atoms with Crippen LogP contribution in [0.25, 0.3) is 0 Å². The molecule has 1 aromatic rings. The number of fused-ring (bicyclic) bond motifs is 1. The average molecular weight is 315 g/mol. The third kappa shape index (κ3) is 3.13. The van der Waals surface area contributed by atoms with E-state index in [1.807, 2.05) is 0 Å². The highest BCUT2D eigenvalue weighted by atomic mass is 32.2. The maximum absolute atomic E-state index is 12.4. The molecule has 0 radical (unpaired) electrons. The van der Waals surface area contributed by atoms with E-state index in [0.29, 0.717) is 25.5 Å². The standard InChI is InChI=1S/C13H21N3O4S/c1-9-14-13(8-16(9)2)21(17,18)15-10-3-4-11-12(7-10)20-6-5-19-11/h8,10-12,15H,3-7H2,1-2H3/t10-,11-,12-/m1/s1. The molecule has 1 aliphatic heterocycles. The van der Waals surface area contributed by atoms with Gasteiger partial charge in [-0.25, -0.2) is 18.1 Å². The maximum Gasteiger partial charge on any atom is 0.259 e. The van der Waals surface area contributed by atoms with E-state index in [9.17, 15) is 8.42 Å². The van der Waals surface area contributed by atoms with Crippen LogP contribution in [-0.4, -0.2) is 49.4 Å². The van der Waals surface area contributed by atoms with E-state index in [4.69, 9.17) is 9.47 Å². The summed E-state index contributed by atoms with van der Waals surface area (Å²) in [5.41, 5.74) is 0. The highest BCUT2D eigenvalue weighted by Gasteiger charge is 2.36. The fourth-order valence-electron chi connectivity index (χ4n) is 2.91. The Morgan fingerprint density at radius 1 is 1.29 bits per heavy atom. The van der Waals surface area contributed by atoms with Crippen LogP contribution in [0.3, 0.4) is 0 Å². The van der Waals surface area contributed by atoms with Gasteiger partial charge in [0, 0.05) is 19.3 Å². The minimum atomic E-state index is -3.58. The molecule has 21 heavy (non-hydrogen) atoms. The van der Waals surface area contributed by atoms with Crippen molar-refractivity contribution in [2.24, 2.45) is 7.05 Å². The average Bonchev–Trinajstić information content (AvgIpc) is 2.79. The smallest absolute Gasteiger partial charge is 0.259 e. The quantitative estimate of drug-likeness (QED) is 0.870. The Balaban J connectivity index is 1.68. The fraction of sp³-hybridized carbons (Fsp3) is 0.769. The van der Waals surface area contributed by atoms with E-state index < -0.39 is 10.0 Å². The van der Waals surface area contributed by atoms with Gasteiger partial charge in [0.1, 0.15) is 5.82 Å². The van der Waals surface area contributed by atoms with E-state index in [1.165, 1.54) is 6.20 Å². The summed E-state index contributed by atoms with van der Waals surface area (Å²) in [5, 5.41) is 0.0745. The van der Waals surface area contributed by atoms with E-state index in [1.54, 1.807) is 18.5 Å². The van der Waals surface area contributed by atoms with Crippen LogP contribution in [0, 0.1) is 6.92 Å². The Hall–Kier alpha value is -0.960. The number of sulfonamides is 1. The molecule has 0 amide bonds. The molecule has 118 valence electrons. The lowest BCUT2D eigenvalue weighted by atomic mass is 9.90. The summed E-state index contributed by atoms with van der Waals surface area (Å²) >= 11 is 0. The molecular weight excluding hydrogens is 294 g/mol. The minimum Gasteiger partial charge on any atom is -0.373 e. The van der Waals surface area contributed by atoms with Crippen molar-refractivity contribution in [3.05, 3.63) is 12.0 Å². The number of nitrogens with one attached hydrogen (secondary N) is 1. The van der Waals surface area contributed by atoms with Crippen LogP contribution in [0.5, 0.6) is 0 Å². The number of hydrogen-bond acceptors (Lipinski definition) is 5. The lowest BCUT2D eigenvalue weighted by molar-refractivity contribution is -0.156. The molecule has 2 heterocycles. The van der Waals surface area contributed by atoms with Gasteiger partial charge in [0.15, 0.2) is 5.03 Å². The van der Waals surface area contributed by atoms with Crippen molar-refractivity contribution in [3.63, 3.8) is 0 Å². The molecule has 0 unspecified atom stereocenters. The van der Waals surface area contributed by atoms with Gasteiger partial charge in [0.05, 0.1) is 25.4 Å². The normalized spacial score (nSPS) is 30.1. The summed E-state index contributed by atoms with van der Waals surface area (Å²) in [4.78, 5) is 4.09. The summed E-state index contributed by atoms with van der Waals surface area (Å²) in [6.07, 6.45) is 3.86. The molecule has 1 N–H and O–H groups in total. The lowest BCUT2D eigenvalue weighted by Crippen LogP contribution is -2.49. The zero-order chi connectivity index (χ0) is 15.0. The van der Waals surface area contributed by atoms with Crippen LogP contribution < -0.4 is 4.72 Å². The van der Waals surface area contributed by atoms with E-state index in [-0.39, 0.29) is 23.3 Å². The van der Waals surface area contributed by atoms with Gasteiger partial charge >= 0.3 is 0 Å². The number of nitrogens with zero attached hydrogens (tertiary/aromatic N) is 2. The molecule has 0 bridgehead atoms. The van der Waals surface area contributed by atoms with Gasteiger partial charge in [0.2, 0.25) is 0 Å². The zero-order valence-corrected chi connectivity index (χ0v) is 13.1. The Bertz CT molecular complexity index is 593. The van der Waals surface area contributed by atoms with Gasteiger partial charge in [0.25, 0.3) is 10.0 Å².